The molecule has 0 fully saturated rings. The molecular weight excluding hydrogens is 328 g/mol. The van der Waals surface area contributed by atoms with Crippen molar-refractivity contribution in [3.8, 4) is 5.75 Å². The molecule has 0 radical (unpaired) electrons. The van der Waals surface area contributed by atoms with Crippen LogP contribution in [-0.4, -0.2) is 24.8 Å². The van der Waals surface area contributed by atoms with E-state index in [4.69, 9.17) is 4.74 Å². The molecule has 2 atom stereocenters. The number of rotatable bonds is 7. The molecule has 136 valence electrons. The molecule has 5 heteroatoms. The largest absolute Gasteiger partial charge is 0.497 e. The monoisotopic (exact) mass is 352 g/mol. The minimum atomic E-state index is -0.521. The van der Waals surface area contributed by atoms with Crippen molar-refractivity contribution in [1.29, 1.82) is 0 Å². The van der Waals surface area contributed by atoms with Crippen LogP contribution in [0.4, 0.5) is 0 Å². The van der Waals surface area contributed by atoms with Crippen LogP contribution in [0.2, 0.25) is 0 Å². The third kappa shape index (κ3) is 4.29. The Balaban J connectivity index is 1.61. The van der Waals surface area contributed by atoms with Crippen LogP contribution in [0, 0.1) is 0 Å². The van der Waals surface area contributed by atoms with Crippen molar-refractivity contribution in [2.24, 2.45) is 0 Å². The predicted molar refractivity (Wildman–Crippen MR) is 99.9 cm³/mol. The van der Waals surface area contributed by atoms with E-state index in [1.165, 1.54) is 12.5 Å². The van der Waals surface area contributed by atoms with Gasteiger partial charge in [-0.3, -0.25) is 9.59 Å². The number of amides is 1. The zero-order valence-electron chi connectivity index (χ0n) is 15.1. The maximum absolute atomic E-state index is 12.5. The van der Waals surface area contributed by atoms with Crippen LogP contribution in [0.5, 0.6) is 5.75 Å². The summed E-state index contributed by atoms with van der Waals surface area (Å²) in [4.78, 5) is 24.5. The number of nitrogens with one attached hydrogen (secondary N) is 2. The van der Waals surface area contributed by atoms with Crippen LogP contribution in [0.25, 0.3) is 0 Å². The molecule has 2 aromatic rings. The fourth-order valence-corrected chi connectivity index (χ4v) is 3.29. The molecule has 5 nitrogen and oxygen atoms in total. The maximum Gasteiger partial charge on any atom is 0.222 e. The summed E-state index contributed by atoms with van der Waals surface area (Å²) in [5.41, 5.74) is 3.37. The second kappa shape index (κ2) is 8.15. The average molecular weight is 352 g/mol. The van der Waals surface area contributed by atoms with Crippen molar-refractivity contribution in [1.82, 2.24) is 10.6 Å². The van der Waals surface area contributed by atoms with E-state index in [0.29, 0.717) is 12.8 Å². The van der Waals surface area contributed by atoms with Crippen LogP contribution in [-0.2, 0) is 22.6 Å². The van der Waals surface area contributed by atoms with Gasteiger partial charge in [-0.15, -0.1) is 0 Å². The number of ketones is 1. The zero-order chi connectivity index (χ0) is 18.5. The van der Waals surface area contributed by atoms with Gasteiger partial charge in [-0.1, -0.05) is 36.4 Å². The molecule has 0 spiro atoms. The third-order valence-electron chi connectivity index (χ3n) is 4.78. The lowest BCUT2D eigenvalue weighted by molar-refractivity contribution is -0.127. The Hall–Kier alpha value is -2.66. The molecule has 1 aliphatic heterocycles. The molecule has 0 saturated heterocycles. The normalized spacial score (nSPS) is 16.6. The number of carbonyl (C=O) groups is 2. The molecule has 2 N–H and O–H groups in total. The molecule has 1 amide bonds. The van der Waals surface area contributed by atoms with Gasteiger partial charge in [0.1, 0.15) is 5.75 Å². The Morgan fingerprint density at radius 3 is 2.62 bits per heavy atom. The number of Topliss-reactive ketones (excluding diaryl/α,β-unsaturated/α-hetero) is 1. The van der Waals surface area contributed by atoms with Crippen LogP contribution in [0.3, 0.4) is 0 Å². The summed E-state index contributed by atoms with van der Waals surface area (Å²) in [5, 5.41) is 6.25. The first-order valence-corrected chi connectivity index (χ1v) is 8.80. The molecule has 0 aromatic heterocycles. The Kier molecular flexibility index (Phi) is 5.68. The van der Waals surface area contributed by atoms with Gasteiger partial charge in [0.15, 0.2) is 5.78 Å². The van der Waals surface area contributed by atoms with E-state index in [0.717, 1.165) is 23.4 Å². The fraction of sp³-hybridized carbons (Fsp3) is 0.333. The van der Waals surface area contributed by atoms with E-state index in [-0.39, 0.29) is 17.7 Å². The molecule has 0 bridgehead atoms. The molecule has 2 aromatic carbocycles. The average Bonchev–Trinajstić information content (AvgIpc) is 3.04. The minimum Gasteiger partial charge on any atom is -0.497 e. The third-order valence-corrected chi connectivity index (χ3v) is 4.78. The number of methoxy groups -OCH3 is 1. The topological polar surface area (TPSA) is 67.4 Å². The van der Waals surface area contributed by atoms with E-state index in [1.807, 2.05) is 42.5 Å². The second-order valence-electron chi connectivity index (χ2n) is 6.62. The Bertz CT molecular complexity index is 786. The SMILES string of the molecule is COc1ccc(C[C@@H](NC(=O)CC2NCc3ccccc32)C(C)=O)cc1. The van der Waals surface area contributed by atoms with Crippen molar-refractivity contribution in [2.45, 2.75) is 38.4 Å². The molecular formula is C21H24N2O3. The van der Waals surface area contributed by atoms with Gasteiger partial charge in [0, 0.05) is 19.0 Å². The van der Waals surface area contributed by atoms with Crippen LogP contribution < -0.4 is 15.4 Å². The minimum absolute atomic E-state index is 0.000190. The predicted octanol–water partition coefficient (Wildman–Crippen LogP) is 2.55. The molecule has 0 saturated carbocycles. The van der Waals surface area contributed by atoms with Crippen molar-refractivity contribution in [3.63, 3.8) is 0 Å². The summed E-state index contributed by atoms with van der Waals surface area (Å²) in [6, 6.07) is 15.1. The highest BCUT2D eigenvalue weighted by Gasteiger charge is 2.25. The number of carbonyl (C=O) groups excluding carboxylic acids is 2. The second-order valence-corrected chi connectivity index (χ2v) is 6.62. The lowest BCUT2D eigenvalue weighted by atomic mass is 10.0. The van der Waals surface area contributed by atoms with Crippen molar-refractivity contribution in [2.75, 3.05) is 7.11 Å². The van der Waals surface area contributed by atoms with Crippen LogP contribution in [0.1, 0.15) is 36.1 Å². The summed E-state index contributed by atoms with van der Waals surface area (Å²) >= 11 is 0. The highest BCUT2D eigenvalue weighted by atomic mass is 16.5. The van der Waals surface area contributed by atoms with E-state index in [9.17, 15) is 9.59 Å². The van der Waals surface area contributed by atoms with Gasteiger partial charge in [0.05, 0.1) is 13.2 Å². The summed E-state index contributed by atoms with van der Waals surface area (Å²) < 4.78 is 5.15. The summed E-state index contributed by atoms with van der Waals surface area (Å²) in [6.45, 7) is 2.29. The number of benzene rings is 2. The van der Waals surface area contributed by atoms with Crippen molar-refractivity contribution in [3.05, 3.63) is 65.2 Å². The maximum atomic E-state index is 12.5. The fourth-order valence-electron chi connectivity index (χ4n) is 3.29. The smallest absolute Gasteiger partial charge is 0.222 e. The van der Waals surface area contributed by atoms with Crippen molar-refractivity contribution < 1.29 is 14.3 Å². The van der Waals surface area contributed by atoms with Gasteiger partial charge in [-0.25, -0.2) is 0 Å². The van der Waals surface area contributed by atoms with Gasteiger partial charge < -0.3 is 15.4 Å². The number of hydrogen-bond donors (Lipinski definition) is 2. The van der Waals surface area contributed by atoms with Gasteiger partial charge in [-0.2, -0.15) is 0 Å². The van der Waals surface area contributed by atoms with Crippen molar-refractivity contribution >= 4 is 11.7 Å². The van der Waals surface area contributed by atoms with E-state index < -0.39 is 6.04 Å². The van der Waals surface area contributed by atoms with E-state index in [2.05, 4.69) is 16.7 Å². The lowest BCUT2D eigenvalue weighted by Gasteiger charge is -2.18. The molecule has 26 heavy (non-hydrogen) atoms. The highest BCUT2D eigenvalue weighted by molar-refractivity contribution is 5.88. The molecule has 0 aliphatic carbocycles. The first-order chi connectivity index (χ1) is 12.6. The molecule has 1 unspecified atom stereocenters. The number of hydrogen-bond acceptors (Lipinski definition) is 4. The number of ether oxygens (including phenoxy) is 1. The van der Waals surface area contributed by atoms with Crippen LogP contribution in [0.15, 0.2) is 48.5 Å². The Morgan fingerprint density at radius 2 is 1.92 bits per heavy atom. The van der Waals surface area contributed by atoms with E-state index in [1.54, 1.807) is 7.11 Å². The van der Waals surface area contributed by atoms with Gasteiger partial charge >= 0.3 is 0 Å². The van der Waals surface area contributed by atoms with Crippen LogP contribution >= 0.6 is 0 Å². The molecule has 1 aliphatic rings. The molecule has 3 rings (SSSR count). The summed E-state index contributed by atoms with van der Waals surface area (Å²) in [7, 11) is 1.61. The van der Waals surface area contributed by atoms with E-state index >= 15 is 0 Å². The zero-order valence-corrected chi connectivity index (χ0v) is 15.1. The Morgan fingerprint density at radius 1 is 1.19 bits per heavy atom. The number of fused-ring (bicyclic) bond motifs is 1. The quantitative estimate of drug-likeness (QED) is 0.804. The first-order valence-electron chi connectivity index (χ1n) is 8.80. The summed E-state index contributed by atoms with van der Waals surface area (Å²) in [6.07, 6.45) is 0.795. The lowest BCUT2D eigenvalue weighted by Crippen LogP contribution is -2.42. The standard InChI is InChI=1S/C21H24N2O3/c1-14(24)19(11-15-7-9-17(26-2)10-8-15)23-21(25)12-20-18-6-4-3-5-16(18)13-22-20/h3-10,19-20,22H,11-13H2,1-2H3,(H,23,25)/t19-,20?/m1/s1. The van der Waals surface area contributed by atoms with Gasteiger partial charge in [-0.05, 0) is 42.2 Å². The highest BCUT2D eigenvalue weighted by Crippen LogP contribution is 2.27. The molecule has 1 heterocycles. The first kappa shape index (κ1) is 18.1. The van der Waals surface area contributed by atoms with Gasteiger partial charge in [0.25, 0.3) is 0 Å². The summed E-state index contributed by atoms with van der Waals surface area (Å²) in [5.74, 6) is 0.602. The van der Waals surface area contributed by atoms with Gasteiger partial charge in [0.2, 0.25) is 5.91 Å². The Labute approximate surface area is 153 Å².